The summed E-state index contributed by atoms with van der Waals surface area (Å²) in [5, 5.41) is -6.96. The van der Waals surface area contributed by atoms with Crippen LogP contribution in [0.2, 0.25) is 0 Å². The highest BCUT2D eigenvalue weighted by Gasteiger charge is 2.86. The van der Waals surface area contributed by atoms with Crippen LogP contribution in [0.1, 0.15) is 40.7 Å². The normalized spacial score (nSPS) is 17.1. The fraction of sp³-hybridized carbons (Fsp3) is 0.200. The van der Waals surface area contributed by atoms with Gasteiger partial charge in [-0.25, -0.2) is 0 Å². The summed E-state index contributed by atoms with van der Waals surface area (Å²) in [4.78, 5) is 0. The Hall–Kier alpha value is -4.52. The molecule has 48 heavy (non-hydrogen) atoms. The van der Waals surface area contributed by atoms with Crippen LogP contribution in [-0.4, -0.2) is 31.7 Å². The quantitative estimate of drug-likeness (QED) is 0.149. The summed E-state index contributed by atoms with van der Waals surface area (Å²) >= 11 is 0. The molecule has 1 spiro atoms. The minimum Gasteiger partial charge on any atom is -0.378 e. The monoisotopic (exact) mass is 692 g/mol. The van der Waals surface area contributed by atoms with Crippen molar-refractivity contribution in [1.29, 1.82) is 0 Å². The van der Waals surface area contributed by atoms with Gasteiger partial charge in [0.25, 0.3) is 0 Å². The molecule has 3 aliphatic rings. The summed E-state index contributed by atoms with van der Waals surface area (Å²) in [6.07, 6.45) is -3.92. The van der Waals surface area contributed by atoms with E-state index in [4.69, 9.17) is 0 Å². The number of benzene rings is 4. The molecule has 3 nitrogen and oxygen atoms in total. The Kier molecular flexibility index (Phi) is 6.84. The summed E-state index contributed by atoms with van der Waals surface area (Å²) < 4.78 is 149. The first-order chi connectivity index (χ1) is 22.5. The van der Waals surface area contributed by atoms with Gasteiger partial charge in [-0.3, -0.25) is 0 Å². The maximum absolute atomic E-state index is 14.2. The molecule has 0 aliphatic heterocycles. The van der Waals surface area contributed by atoms with E-state index < -0.39 is 44.6 Å². The summed E-state index contributed by atoms with van der Waals surface area (Å²) in [6, 6.07) is 28.3. The van der Waals surface area contributed by atoms with Gasteiger partial charge in [-0.05, 0) is 80.6 Å². The predicted octanol–water partition coefficient (Wildman–Crippen LogP) is 9.78. The van der Waals surface area contributed by atoms with Crippen molar-refractivity contribution in [2.75, 3.05) is 0 Å². The average molecular weight is 693 g/mol. The highest BCUT2D eigenvalue weighted by molar-refractivity contribution is 7.88. The highest BCUT2D eigenvalue weighted by Crippen LogP contribution is 2.65. The summed E-state index contributed by atoms with van der Waals surface area (Å²) in [5.41, 5.74) is 8.84. The van der Waals surface area contributed by atoms with E-state index in [2.05, 4.69) is 40.6 Å². The molecule has 7 rings (SSSR count). The minimum atomic E-state index is -7.39. The molecule has 3 aliphatic carbocycles. The van der Waals surface area contributed by atoms with Gasteiger partial charge >= 0.3 is 33.4 Å². The molecular weight excluding hydrogens is 671 g/mol. The smallest absolute Gasteiger partial charge is 0.378 e. The number of halogens is 9. The van der Waals surface area contributed by atoms with Crippen LogP contribution in [-0.2, 0) is 15.5 Å². The number of alkyl halides is 9. The molecule has 0 N–H and O–H groups in total. The zero-order valence-corrected chi connectivity index (χ0v) is 25.1. The fourth-order valence-corrected chi connectivity index (χ4v) is 8.00. The summed E-state index contributed by atoms with van der Waals surface area (Å²) in [5.74, 6) is -15.8. The first-order valence-corrected chi connectivity index (χ1v) is 15.9. The van der Waals surface area contributed by atoms with Crippen molar-refractivity contribution in [2.45, 2.75) is 41.5 Å². The largest absolute Gasteiger partial charge is 0.460 e. The van der Waals surface area contributed by atoms with Crippen LogP contribution in [0.4, 0.5) is 39.5 Å². The van der Waals surface area contributed by atoms with E-state index in [9.17, 15) is 47.9 Å². The molecule has 0 saturated heterocycles. The third-order valence-corrected chi connectivity index (χ3v) is 10.4. The minimum absolute atomic E-state index is 0.493. The Morgan fingerprint density at radius 1 is 0.604 bits per heavy atom. The van der Waals surface area contributed by atoms with Crippen LogP contribution in [0.5, 0.6) is 5.75 Å². The molecule has 0 unspecified atom stereocenters. The van der Waals surface area contributed by atoms with E-state index in [0.29, 0.717) is 18.4 Å². The molecule has 4 aromatic carbocycles. The molecule has 0 aromatic heterocycles. The lowest BCUT2D eigenvalue weighted by atomic mass is 9.69. The topological polar surface area (TPSA) is 43.4 Å². The van der Waals surface area contributed by atoms with Crippen molar-refractivity contribution in [2.24, 2.45) is 0 Å². The average Bonchev–Trinajstić information content (AvgIpc) is 3.52. The van der Waals surface area contributed by atoms with Crippen LogP contribution in [0.25, 0.3) is 22.3 Å². The van der Waals surface area contributed by atoms with E-state index >= 15 is 0 Å². The lowest BCUT2D eigenvalue weighted by Crippen LogP contribution is -2.63. The van der Waals surface area contributed by atoms with Crippen LogP contribution >= 0.6 is 0 Å². The molecule has 0 heterocycles. The first kappa shape index (κ1) is 32.0. The third-order valence-electron chi connectivity index (χ3n) is 9.11. The van der Waals surface area contributed by atoms with Crippen LogP contribution in [0.3, 0.4) is 0 Å². The standard InChI is InChI=1S/C35H21F9O3S/c36-32(37,34(40,41)42)33(38,39)35(43,44)48(45,46)47-21-18-16-20(17-19-21)22-11-7-15-29-30(22)25-10-3-6-14-28(25)31(29)26-12-4-1-8-23(26)24-9-2-5-13-27(24)31/h1-6,8-10,12-19H,7,11H2. The van der Waals surface area contributed by atoms with Crippen LogP contribution < -0.4 is 4.18 Å². The second-order valence-electron chi connectivity index (χ2n) is 11.6. The second-order valence-corrected chi connectivity index (χ2v) is 13.2. The van der Waals surface area contributed by atoms with Crippen molar-refractivity contribution in [3.8, 4) is 16.9 Å². The van der Waals surface area contributed by atoms with Gasteiger partial charge in [-0.15, -0.1) is 0 Å². The van der Waals surface area contributed by atoms with Crippen molar-refractivity contribution >= 4 is 21.3 Å². The van der Waals surface area contributed by atoms with Gasteiger partial charge in [0, 0.05) is 0 Å². The van der Waals surface area contributed by atoms with Gasteiger partial charge in [0.1, 0.15) is 5.75 Å². The number of rotatable bonds is 6. The molecule has 4 aromatic rings. The third kappa shape index (κ3) is 4.05. The summed E-state index contributed by atoms with van der Waals surface area (Å²) in [6.45, 7) is 0. The van der Waals surface area contributed by atoms with Crippen molar-refractivity contribution in [3.05, 3.63) is 137 Å². The first-order valence-electron chi connectivity index (χ1n) is 14.5. The zero-order chi connectivity index (χ0) is 34.5. The molecule has 0 amide bonds. The van der Waals surface area contributed by atoms with Gasteiger partial charge < -0.3 is 4.18 Å². The molecule has 13 heteroatoms. The number of hydrogen-bond donors (Lipinski definition) is 0. The Labute approximate surface area is 268 Å². The molecule has 0 fully saturated rings. The van der Waals surface area contributed by atoms with E-state index in [1.165, 1.54) is 12.1 Å². The van der Waals surface area contributed by atoms with Gasteiger partial charge in [0.15, 0.2) is 0 Å². The van der Waals surface area contributed by atoms with Crippen LogP contribution in [0.15, 0.2) is 109 Å². The number of hydrogen-bond acceptors (Lipinski definition) is 3. The van der Waals surface area contributed by atoms with Crippen molar-refractivity contribution in [1.82, 2.24) is 0 Å². The van der Waals surface area contributed by atoms with E-state index in [-0.39, 0.29) is 0 Å². The second kappa shape index (κ2) is 10.2. The van der Waals surface area contributed by atoms with E-state index in [1.54, 1.807) is 0 Å². The number of fused-ring (bicyclic) bond motifs is 10. The van der Waals surface area contributed by atoms with Gasteiger partial charge in [0.2, 0.25) is 0 Å². The molecule has 0 saturated carbocycles. The SMILES string of the molecule is O=S(=O)(Oc1ccc(C2=C3C(=CCC2)C2(c4ccccc43)c3ccccc3-c3ccccc32)cc1)C(F)(F)C(F)(F)C(F)(F)C(F)(F)F. The Morgan fingerprint density at radius 3 is 1.60 bits per heavy atom. The van der Waals surface area contributed by atoms with Gasteiger partial charge in [0.05, 0.1) is 5.41 Å². The Balaban J connectivity index is 1.30. The molecule has 0 radical (unpaired) electrons. The molecule has 0 atom stereocenters. The number of allylic oxidation sites excluding steroid dienone is 4. The Bertz CT molecular complexity index is 2100. The van der Waals surface area contributed by atoms with E-state index in [0.717, 1.165) is 62.2 Å². The lowest BCUT2D eigenvalue weighted by Gasteiger charge is -2.32. The fourth-order valence-electron chi connectivity index (χ4n) is 7.08. The van der Waals surface area contributed by atoms with Gasteiger partial charge in [-0.2, -0.15) is 47.9 Å². The summed E-state index contributed by atoms with van der Waals surface area (Å²) in [7, 11) is -7.06. The van der Waals surface area contributed by atoms with Crippen LogP contribution in [0, 0.1) is 0 Å². The highest BCUT2D eigenvalue weighted by atomic mass is 32.2. The predicted molar refractivity (Wildman–Crippen MR) is 159 cm³/mol. The van der Waals surface area contributed by atoms with Crippen molar-refractivity contribution in [3.63, 3.8) is 0 Å². The molecule has 248 valence electrons. The van der Waals surface area contributed by atoms with E-state index in [1.807, 2.05) is 42.5 Å². The maximum atomic E-state index is 14.2. The lowest BCUT2D eigenvalue weighted by molar-refractivity contribution is -0.382. The van der Waals surface area contributed by atoms with Gasteiger partial charge in [-0.1, -0.05) is 91.0 Å². The molecular formula is C35H21F9O3S. The van der Waals surface area contributed by atoms with Crippen molar-refractivity contribution < 1.29 is 52.1 Å². The molecule has 0 bridgehead atoms. The maximum Gasteiger partial charge on any atom is 0.460 e. The zero-order valence-electron chi connectivity index (χ0n) is 24.3. The Morgan fingerprint density at radius 2 is 1.08 bits per heavy atom.